The van der Waals surface area contributed by atoms with Gasteiger partial charge in [-0.25, -0.2) is 14.4 Å². The van der Waals surface area contributed by atoms with Gasteiger partial charge in [-0.1, -0.05) is 42.5 Å². The summed E-state index contributed by atoms with van der Waals surface area (Å²) in [6.45, 7) is 3.66. The van der Waals surface area contributed by atoms with E-state index in [2.05, 4.69) is 0 Å². The van der Waals surface area contributed by atoms with E-state index in [1.165, 1.54) is 4.57 Å². The Balaban J connectivity index is 2.30. The number of aromatic nitrogens is 2. The lowest BCUT2D eigenvalue weighted by molar-refractivity contribution is -0.145. The molecule has 0 radical (unpaired) electrons. The fraction of sp³-hybridized carbons (Fsp3) is 0.250. The highest BCUT2D eigenvalue weighted by molar-refractivity contribution is 5.89. The first-order chi connectivity index (χ1) is 13.1. The third kappa shape index (κ3) is 3.36. The van der Waals surface area contributed by atoms with Gasteiger partial charge in [0.05, 0.1) is 24.2 Å². The van der Waals surface area contributed by atoms with Crippen molar-refractivity contribution in [1.82, 2.24) is 9.13 Å². The second-order valence-corrected chi connectivity index (χ2v) is 5.74. The number of ether oxygens (including phenoxy) is 2. The van der Waals surface area contributed by atoms with E-state index in [4.69, 9.17) is 9.47 Å². The van der Waals surface area contributed by atoms with Crippen molar-refractivity contribution in [3.8, 4) is 0 Å². The van der Waals surface area contributed by atoms with Crippen LogP contribution in [0.3, 0.4) is 0 Å². The number of carbonyl (C=O) groups excluding carboxylic acids is 2. The van der Waals surface area contributed by atoms with Crippen molar-refractivity contribution < 1.29 is 19.1 Å². The van der Waals surface area contributed by atoms with E-state index in [0.717, 1.165) is 4.57 Å². The van der Waals surface area contributed by atoms with E-state index in [9.17, 15) is 14.4 Å². The lowest BCUT2D eigenvalue weighted by Gasteiger charge is -2.17. The van der Waals surface area contributed by atoms with Gasteiger partial charge in [-0.05, 0) is 31.5 Å². The van der Waals surface area contributed by atoms with Crippen LogP contribution in [0.4, 0.5) is 4.79 Å². The van der Waals surface area contributed by atoms with E-state index < -0.39 is 23.8 Å². The first-order valence-corrected chi connectivity index (χ1v) is 8.70. The average Bonchev–Trinajstić information content (AvgIpc) is 2.96. The summed E-state index contributed by atoms with van der Waals surface area (Å²) in [6, 6.07) is 14.6. The SMILES string of the molecule is CCOC(=O)C(c1ccccc1)n1c(=O)n(C(=O)OCC)c2ccccc21. The predicted octanol–water partition coefficient (Wildman–Crippen LogP) is 2.96. The molecule has 1 unspecified atom stereocenters. The van der Waals surface area contributed by atoms with Crippen LogP contribution in [0.25, 0.3) is 11.0 Å². The highest BCUT2D eigenvalue weighted by atomic mass is 16.6. The van der Waals surface area contributed by atoms with E-state index in [0.29, 0.717) is 16.6 Å². The maximum Gasteiger partial charge on any atom is 0.422 e. The Morgan fingerprint density at radius 3 is 2.11 bits per heavy atom. The Morgan fingerprint density at radius 2 is 1.48 bits per heavy atom. The number of benzene rings is 2. The van der Waals surface area contributed by atoms with Crippen LogP contribution in [-0.2, 0) is 14.3 Å². The molecule has 1 heterocycles. The average molecular weight is 368 g/mol. The van der Waals surface area contributed by atoms with Gasteiger partial charge in [0.1, 0.15) is 0 Å². The lowest BCUT2D eigenvalue weighted by atomic mass is 10.1. The second kappa shape index (κ2) is 7.90. The summed E-state index contributed by atoms with van der Waals surface area (Å²) >= 11 is 0. The summed E-state index contributed by atoms with van der Waals surface area (Å²) in [7, 11) is 0. The van der Waals surface area contributed by atoms with Crippen molar-refractivity contribution in [2.45, 2.75) is 19.9 Å². The van der Waals surface area contributed by atoms with Crippen molar-refractivity contribution in [1.29, 1.82) is 0 Å². The minimum atomic E-state index is -1.01. The molecule has 0 bridgehead atoms. The van der Waals surface area contributed by atoms with Crippen LogP contribution in [0.15, 0.2) is 59.4 Å². The number of rotatable bonds is 5. The zero-order valence-electron chi connectivity index (χ0n) is 15.1. The van der Waals surface area contributed by atoms with Crippen molar-refractivity contribution in [2.75, 3.05) is 13.2 Å². The molecule has 7 heteroatoms. The van der Waals surface area contributed by atoms with Crippen molar-refractivity contribution in [2.24, 2.45) is 0 Å². The summed E-state index contributed by atoms with van der Waals surface area (Å²) in [5.74, 6) is -0.572. The van der Waals surface area contributed by atoms with Gasteiger partial charge in [0.15, 0.2) is 6.04 Å². The van der Waals surface area contributed by atoms with Gasteiger partial charge in [0.2, 0.25) is 0 Å². The smallest absolute Gasteiger partial charge is 0.422 e. The summed E-state index contributed by atoms with van der Waals surface area (Å²) < 4.78 is 12.4. The van der Waals surface area contributed by atoms with Gasteiger partial charge in [-0.2, -0.15) is 4.57 Å². The van der Waals surface area contributed by atoms with Crippen molar-refractivity contribution in [3.05, 3.63) is 70.6 Å². The molecular weight excluding hydrogens is 348 g/mol. The van der Waals surface area contributed by atoms with Gasteiger partial charge in [-0.3, -0.25) is 4.57 Å². The second-order valence-electron chi connectivity index (χ2n) is 5.74. The molecule has 140 valence electrons. The monoisotopic (exact) mass is 368 g/mol. The maximum absolute atomic E-state index is 13.1. The molecule has 0 aliphatic heterocycles. The van der Waals surface area contributed by atoms with Crippen LogP contribution in [-0.4, -0.2) is 34.4 Å². The normalized spacial score (nSPS) is 11.9. The van der Waals surface area contributed by atoms with Gasteiger partial charge in [0, 0.05) is 0 Å². The largest absolute Gasteiger partial charge is 0.464 e. The first-order valence-electron chi connectivity index (χ1n) is 8.70. The van der Waals surface area contributed by atoms with Gasteiger partial charge in [-0.15, -0.1) is 0 Å². The number of imidazole rings is 1. The number of esters is 1. The number of para-hydroxylation sites is 2. The van der Waals surface area contributed by atoms with Crippen LogP contribution < -0.4 is 5.69 Å². The first kappa shape index (κ1) is 18.4. The van der Waals surface area contributed by atoms with Gasteiger partial charge < -0.3 is 9.47 Å². The summed E-state index contributed by atoms with van der Waals surface area (Å²) in [4.78, 5) is 38.2. The molecule has 0 fully saturated rings. The molecule has 27 heavy (non-hydrogen) atoms. The number of fused-ring (bicyclic) bond motifs is 1. The van der Waals surface area contributed by atoms with Crippen LogP contribution in [0.5, 0.6) is 0 Å². The Labute approximate surface area is 155 Å². The standard InChI is InChI=1S/C20H20N2O5/c1-3-26-18(23)17(14-10-6-5-7-11-14)21-15-12-8-9-13-16(15)22(19(21)24)20(25)27-4-2/h5-13,17H,3-4H2,1-2H3. The van der Waals surface area contributed by atoms with Crippen LogP contribution in [0, 0.1) is 0 Å². The third-order valence-corrected chi connectivity index (χ3v) is 4.11. The Morgan fingerprint density at radius 1 is 0.889 bits per heavy atom. The Kier molecular flexibility index (Phi) is 5.40. The number of hydrogen-bond acceptors (Lipinski definition) is 5. The Hall–Kier alpha value is -3.35. The van der Waals surface area contributed by atoms with E-state index in [1.54, 1.807) is 62.4 Å². The number of nitrogens with zero attached hydrogens (tertiary/aromatic N) is 2. The highest BCUT2D eigenvalue weighted by Gasteiger charge is 2.30. The number of carbonyl (C=O) groups is 2. The molecule has 0 aliphatic carbocycles. The van der Waals surface area contributed by atoms with Crippen molar-refractivity contribution >= 4 is 23.1 Å². The summed E-state index contributed by atoms with van der Waals surface area (Å²) in [5, 5.41) is 0. The van der Waals surface area contributed by atoms with Crippen LogP contribution in [0.2, 0.25) is 0 Å². The van der Waals surface area contributed by atoms with E-state index >= 15 is 0 Å². The molecule has 7 nitrogen and oxygen atoms in total. The van der Waals surface area contributed by atoms with Gasteiger partial charge >= 0.3 is 17.8 Å². The molecule has 3 aromatic rings. The minimum absolute atomic E-state index is 0.130. The van der Waals surface area contributed by atoms with Crippen LogP contribution >= 0.6 is 0 Å². The van der Waals surface area contributed by atoms with Crippen LogP contribution in [0.1, 0.15) is 25.5 Å². The fourth-order valence-electron chi connectivity index (χ4n) is 3.03. The van der Waals surface area contributed by atoms with Gasteiger partial charge in [0.25, 0.3) is 0 Å². The molecule has 0 N–H and O–H groups in total. The van der Waals surface area contributed by atoms with E-state index in [1.807, 2.05) is 6.07 Å². The molecule has 0 saturated carbocycles. The maximum atomic E-state index is 13.1. The van der Waals surface area contributed by atoms with E-state index in [-0.39, 0.29) is 13.2 Å². The zero-order valence-corrected chi connectivity index (χ0v) is 15.1. The molecule has 1 atom stereocenters. The predicted molar refractivity (Wildman–Crippen MR) is 99.8 cm³/mol. The summed E-state index contributed by atoms with van der Waals surface area (Å²) in [5.41, 5.74) is 0.741. The third-order valence-electron chi connectivity index (χ3n) is 4.11. The number of hydrogen-bond donors (Lipinski definition) is 0. The molecule has 1 aromatic heterocycles. The summed E-state index contributed by atoms with van der Waals surface area (Å²) in [6.07, 6.45) is -0.784. The molecular formula is C20H20N2O5. The fourth-order valence-corrected chi connectivity index (χ4v) is 3.03. The molecule has 0 spiro atoms. The molecule has 2 aromatic carbocycles. The zero-order chi connectivity index (χ0) is 19.4. The topological polar surface area (TPSA) is 79.5 Å². The minimum Gasteiger partial charge on any atom is -0.464 e. The molecule has 0 saturated heterocycles. The Bertz CT molecular complexity index is 1020. The lowest BCUT2D eigenvalue weighted by Crippen LogP contribution is -2.35. The van der Waals surface area contributed by atoms with Crippen molar-refractivity contribution in [3.63, 3.8) is 0 Å². The highest BCUT2D eigenvalue weighted by Crippen LogP contribution is 2.24. The molecule has 0 aliphatic rings. The quantitative estimate of drug-likeness (QED) is 0.647. The molecule has 3 rings (SSSR count). The molecule has 0 amide bonds.